The van der Waals surface area contributed by atoms with Crippen LogP contribution in [0.2, 0.25) is 0 Å². The molecule has 0 fully saturated rings. The van der Waals surface area contributed by atoms with Crippen LogP contribution in [0.5, 0.6) is 0 Å². The summed E-state index contributed by atoms with van der Waals surface area (Å²) >= 11 is 0. The van der Waals surface area contributed by atoms with Crippen LogP contribution in [-0.2, 0) is 30.2 Å². The van der Waals surface area contributed by atoms with Crippen molar-refractivity contribution >= 4 is 10.0 Å². The number of rotatable bonds is 4. The first-order valence-electron chi connectivity index (χ1n) is 7.69. The fraction of sp³-hybridized carbons (Fsp3) is 0.571. The lowest BCUT2D eigenvalue weighted by molar-refractivity contribution is 0.0916. The number of sulfonamides is 1. The number of aryl methyl sites for hydroxylation is 3. The molecule has 9 nitrogen and oxygen atoms in total. The predicted octanol–water partition coefficient (Wildman–Crippen LogP) is -0.455. The zero-order valence-electron chi connectivity index (χ0n) is 13.6. The Morgan fingerprint density at radius 3 is 2.75 bits per heavy atom. The van der Waals surface area contributed by atoms with Gasteiger partial charge < -0.3 is 10.2 Å². The molecule has 0 spiro atoms. The van der Waals surface area contributed by atoms with Gasteiger partial charge in [0.05, 0.1) is 30.7 Å². The van der Waals surface area contributed by atoms with E-state index in [2.05, 4.69) is 10.2 Å². The van der Waals surface area contributed by atoms with E-state index < -0.39 is 22.7 Å². The Bertz CT molecular complexity index is 822. The largest absolute Gasteiger partial charge is 0.393 e. The van der Waals surface area contributed by atoms with Crippen molar-refractivity contribution in [3.8, 4) is 0 Å². The molecule has 0 bridgehead atoms. The number of fused-ring (bicyclic) bond motifs is 1. The van der Waals surface area contributed by atoms with E-state index in [0.717, 1.165) is 0 Å². The predicted molar refractivity (Wildman–Crippen MR) is 84.4 cm³/mol. The molecular weight excluding hydrogens is 334 g/mol. The van der Waals surface area contributed by atoms with Gasteiger partial charge in [-0.15, -0.1) is 0 Å². The first-order chi connectivity index (χ1) is 11.3. The SMILES string of the molecule is Cc1cnn(C)c1S(=O)(=O)N1CCCn2nc([C@@H](O)CO)cc2C1. The van der Waals surface area contributed by atoms with Gasteiger partial charge in [-0.1, -0.05) is 0 Å². The Morgan fingerprint density at radius 2 is 2.12 bits per heavy atom. The molecule has 24 heavy (non-hydrogen) atoms. The van der Waals surface area contributed by atoms with Gasteiger partial charge in [0.15, 0.2) is 5.03 Å². The van der Waals surface area contributed by atoms with E-state index in [-0.39, 0.29) is 11.6 Å². The van der Waals surface area contributed by atoms with E-state index in [1.807, 2.05) is 0 Å². The van der Waals surface area contributed by atoms with E-state index in [1.54, 1.807) is 24.7 Å². The molecule has 3 heterocycles. The van der Waals surface area contributed by atoms with Crippen LogP contribution in [0.4, 0.5) is 0 Å². The fourth-order valence-corrected chi connectivity index (χ4v) is 4.70. The maximum absolute atomic E-state index is 13.0. The van der Waals surface area contributed by atoms with Crippen LogP contribution in [0.3, 0.4) is 0 Å². The van der Waals surface area contributed by atoms with Crippen molar-refractivity contribution in [1.29, 1.82) is 0 Å². The number of aromatic nitrogens is 4. The second-order valence-corrected chi connectivity index (χ2v) is 7.78. The second-order valence-electron chi connectivity index (χ2n) is 5.93. The van der Waals surface area contributed by atoms with Crippen molar-refractivity contribution in [2.45, 2.75) is 37.6 Å². The Hall–Kier alpha value is -1.75. The molecule has 2 N–H and O–H groups in total. The highest BCUT2D eigenvalue weighted by molar-refractivity contribution is 7.89. The molecule has 0 unspecified atom stereocenters. The summed E-state index contributed by atoms with van der Waals surface area (Å²) in [5, 5.41) is 27.3. The lowest BCUT2D eigenvalue weighted by Crippen LogP contribution is -2.32. The molecule has 132 valence electrons. The quantitative estimate of drug-likeness (QED) is 0.768. The van der Waals surface area contributed by atoms with Gasteiger partial charge in [0.2, 0.25) is 0 Å². The molecular formula is C14H21N5O4S. The van der Waals surface area contributed by atoms with Gasteiger partial charge in [0.1, 0.15) is 6.10 Å². The van der Waals surface area contributed by atoms with Crippen LogP contribution in [0.15, 0.2) is 17.3 Å². The van der Waals surface area contributed by atoms with Crippen molar-refractivity contribution in [3.05, 3.63) is 29.2 Å². The molecule has 0 radical (unpaired) electrons. The number of hydrogen-bond donors (Lipinski definition) is 2. The highest BCUT2D eigenvalue weighted by Gasteiger charge is 2.31. The molecule has 1 atom stereocenters. The minimum atomic E-state index is -3.68. The maximum Gasteiger partial charge on any atom is 0.260 e. The third kappa shape index (κ3) is 2.86. The third-order valence-corrected chi connectivity index (χ3v) is 6.22. The van der Waals surface area contributed by atoms with Crippen molar-refractivity contribution in [2.75, 3.05) is 13.2 Å². The summed E-state index contributed by atoms with van der Waals surface area (Å²) in [4.78, 5) is 0. The smallest absolute Gasteiger partial charge is 0.260 e. The summed E-state index contributed by atoms with van der Waals surface area (Å²) in [6.45, 7) is 2.40. The van der Waals surface area contributed by atoms with Gasteiger partial charge in [0.25, 0.3) is 10.0 Å². The van der Waals surface area contributed by atoms with Crippen LogP contribution in [-0.4, -0.2) is 55.6 Å². The van der Waals surface area contributed by atoms with E-state index in [1.165, 1.54) is 15.2 Å². The molecule has 2 aromatic heterocycles. The zero-order chi connectivity index (χ0) is 17.5. The van der Waals surface area contributed by atoms with Crippen molar-refractivity contribution in [3.63, 3.8) is 0 Å². The summed E-state index contributed by atoms with van der Waals surface area (Å²) in [5.41, 5.74) is 1.65. The van der Waals surface area contributed by atoms with Crippen LogP contribution in [0, 0.1) is 6.92 Å². The monoisotopic (exact) mass is 355 g/mol. The van der Waals surface area contributed by atoms with Crippen LogP contribution >= 0.6 is 0 Å². The molecule has 3 rings (SSSR count). The van der Waals surface area contributed by atoms with E-state index >= 15 is 0 Å². The Labute approximate surface area is 140 Å². The second kappa shape index (κ2) is 6.28. The molecule has 0 aliphatic carbocycles. The standard InChI is InChI=1S/C14H21N5O4S/c1-10-7-15-17(2)14(10)24(22,23)18-4-3-5-19-11(8-18)6-12(16-19)13(21)9-20/h6-7,13,20-21H,3-5,8-9H2,1-2H3/t13-/m0/s1. The van der Waals surface area contributed by atoms with Crippen molar-refractivity contribution < 1.29 is 18.6 Å². The van der Waals surface area contributed by atoms with Gasteiger partial charge >= 0.3 is 0 Å². The Kier molecular flexibility index (Phi) is 4.47. The van der Waals surface area contributed by atoms with Crippen LogP contribution in [0.1, 0.15) is 29.5 Å². The first kappa shape index (κ1) is 17.1. The van der Waals surface area contributed by atoms with Crippen molar-refractivity contribution in [2.24, 2.45) is 7.05 Å². The van der Waals surface area contributed by atoms with E-state index in [0.29, 0.717) is 36.5 Å². The molecule has 0 amide bonds. The number of aliphatic hydroxyl groups is 2. The normalized spacial score (nSPS) is 17.5. The number of aliphatic hydroxyl groups excluding tert-OH is 2. The van der Waals surface area contributed by atoms with E-state index in [4.69, 9.17) is 5.11 Å². The number of nitrogens with zero attached hydrogens (tertiary/aromatic N) is 5. The molecule has 0 aromatic carbocycles. The van der Waals surface area contributed by atoms with Crippen molar-refractivity contribution in [1.82, 2.24) is 23.9 Å². The average molecular weight is 355 g/mol. The molecule has 1 aliphatic rings. The van der Waals surface area contributed by atoms with Gasteiger partial charge in [-0.05, 0) is 19.4 Å². The highest BCUT2D eigenvalue weighted by Crippen LogP contribution is 2.24. The fourth-order valence-electron chi connectivity index (χ4n) is 2.95. The lowest BCUT2D eigenvalue weighted by Gasteiger charge is -2.20. The third-order valence-electron chi connectivity index (χ3n) is 4.15. The summed E-state index contributed by atoms with van der Waals surface area (Å²) in [7, 11) is -2.07. The summed E-state index contributed by atoms with van der Waals surface area (Å²) < 4.78 is 30.5. The van der Waals surface area contributed by atoms with Crippen LogP contribution < -0.4 is 0 Å². The Balaban J connectivity index is 1.95. The summed E-state index contributed by atoms with van der Waals surface area (Å²) in [6.07, 6.45) is 1.08. The van der Waals surface area contributed by atoms with Gasteiger partial charge in [-0.2, -0.15) is 14.5 Å². The highest BCUT2D eigenvalue weighted by atomic mass is 32.2. The zero-order valence-corrected chi connectivity index (χ0v) is 14.4. The average Bonchev–Trinajstić information content (AvgIpc) is 3.03. The topological polar surface area (TPSA) is 113 Å². The first-order valence-corrected chi connectivity index (χ1v) is 9.13. The minimum Gasteiger partial charge on any atom is -0.393 e. The molecule has 0 saturated heterocycles. The van der Waals surface area contributed by atoms with Gasteiger partial charge in [-0.25, -0.2) is 8.42 Å². The maximum atomic E-state index is 13.0. The minimum absolute atomic E-state index is 0.165. The molecule has 1 aliphatic heterocycles. The van der Waals surface area contributed by atoms with Gasteiger partial charge in [0, 0.05) is 25.7 Å². The number of hydrogen-bond acceptors (Lipinski definition) is 6. The molecule has 10 heteroatoms. The van der Waals surface area contributed by atoms with Gasteiger partial charge in [-0.3, -0.25) is 9.36 Å². The summed E-state index contributed by atoms with van der Waals surface area (Å²) in [5.74, 6) is 0. The van der Waals surface area contributed by atoms with Crippen LogP contribution in [0.25, 0.3) is 0 Å². The molecule has 0 saturated carbocycles. The van der Waals surface area contributed by atoms with E-state index in [9.17, 15) is 13.5 Å². The summed E-state index contributed by atoms with van der Waals surface area (Å²) in [6, 6.07) is 1.64. The molecule has 2 aromatic rings. The lowest BCUT2D eigenvalue weighted by atomic mass is 10.2. The Morgan fingerprint density at radius 1 is 1.38 bits per heavy atom.